The summed E-state index contributed by atoms with van der Waals surface area (Å²) >= 11 is 6.06. The quantitative estimate of drug-likeness (QED) is 0.821. The predicted octanol–water partition coefficient (Wildman–Crippen LogP) is 3.37. The lowest BCUT2D eigenvalue weighted by Crippen LogP contribution is -2.39. The van der Waals surface area contributed by atoms with Crippen molar-refractivity contribution in [1.82, 2.24) is 20.2 Å². The van der Waals surface area contributed by atoms with Crippen LogP contribution < -0.4 is 11.1 Å². The lowest BCUT2D eigenvalue weighted by atomic mass is 10.0. The summed E-state index contributed by atoms with van der Waals surface area (Å²) in [6, 6.07) is 8.01. The fraction of sp³-hybridized carbons (Fsp3) is 0.450. The van der Waals surface area contributed by atoms with Crippen molar-refractivity contribution in [1.29, 1.82) is 0 Å². The van der Waals surface area contributed by atoms with Crippen LogP contribution in [0.1, 0.15) is 53.3 Å². The summed E-state index contributed by atoms with van der Waals surface area (Å²) in [5, 5.41) is 3.77. The van der Waals surface area contributed by atoms with E-state index < -0.39 is 0 Å². The first-order valence-corrected chi connectivity index (χ1v) is 9.79. The van der Waals surface area contributed by atoms with E-state index in [1.54, 1.807) is 6.92 Å². The molecule has 1 aliphatic rings. The lowest BCUT2D eigenvalue weighted by Gasteiger charge is -2.31. The number of rotatable bonds is 5. The van der Waals surface area contributed by atoms with Crippen molar-refractivity contribution in [3.05, 3.63) is 52.3 Å². The second-order valence-corrected chi connectivity index (χ2v) is 7.39. The van der Waals surface area contributed by atoms with Crippen LogP contribution >= 0.6 is 11.6 Å². The van der Waals surface area contributed by atoms with E-state index in [2.05, 4.69) is 20.2 Å². The van der Waals surface area contributed by atoms with Gasteiger partial charge in [0.1, 0.15) is 0 Å². The Morgan fingerprint density at radius 1 is 1.22 bits per heavy atom. The van der Waals surface area contributed by atoms with Crippen LogP contribution in [0.25, 0.3) is 0 Å². The molecule has 0 bridgehead atoms. The van der Waals surface area contributed by atoms with E-state index in [0.29, 0.717) is 22.8 Å². The van der Waals surface area contributed by atoms with E-state index in [1.807, 2.05) is 24.3 Å². The minimum Gasteiger partial charge on any atom is -0.368 e. The number of carbonyl (C=O) groups excluding carboxylic acids is 1. The molecule has 0 radical (unpaired) electrons. The van der Waals surface area contributed by atoms with Crippen LogP contribution in [0.4, 0.5) is 5.95 Å². The number of aromatic nitrogens is 2. The maximum Gasteiger partial charge on any atom is 0.254 e. The van der Waals surface area contributed by atoms with Gasteiger partial charge in [0.15, 0.2) is 0 Å². The smallest absolute Gasteiger partial charge is 0.254 e. The average molecular weight is 388 g/mol. The van der Waals surface area contributed by atoms with Crippen molar-refractivity contribution in [2.45, 2.75) is 38.6 Å². The van der Waals surface area contributed by atoms with Gasteiger partial charge in [-0.2, -0.15) is 0 Å². The summed E-state index contributed by atoms with van der Waals surface area (Å²) in [7, 11) is 0. The number of nitrogen functional groups attached to an aromatic ring is 1. The molecule has 1 amide bonds. The molecule has 0 saturated carbocycles. The van der Waals surface area contributed by atoms with Crippen LogP contribution in [-0.2, 0) is 0 Å². The third kappa shape index (κ3) is 5.17. The molecule has 7 heteroatoms. The number of hydrogen-bond acceptors (Lipinski definition) is 5. The molecule has 2 heterocycles. The third-order valence-corrected chi connectivity index (χ3v) is 5.29. The van der Waals surface area contributed by atoms with Gasteiger partial charge in [0.05, 0.1) is 17.3 Å². The van der Waals surface area contributed by atoms with Gasteiger partial charge in [0, 0.05) is 17.8 Å². The van der Waals surface area contributed by atoms with Gasteiger partial charge < -0.3 is 11.1 Å². The van der Waals surface area contributed by atoms with Gasteiger partial charge in [-0.3, -0.25) is 9.69 Å². The average Bonchev–Trinajstić information content (AvgIpc) is 2.92. The zero-order chi connectivity index (χ0) is 19.2. The van der Waals surface area contributed by atoms with E-state index in [0.717, 1.165) is 18.7 Å². The highest BCUT2D eigenvalue weighted by Gasteiger charge is 2.23. The molecule has 1 fully saturated rings. The number of benzene rings is 1. The normalized spacial score (nSPS) is 16.5. The molecule has 1 aromatic heterocycles. The number of nitrogens with zero attached hydrogens (tertiary/aromatic N) is 3. The monoisotopic (exact) mass is 387 g/mol. The molecule has 0 spiro atoms. The molecule has 1 unspecified atom stereocenters. The number of amides is 1. The first-order chi connectivity index (χ1) is 13.0. The van der Waals surface area contributed by atoms with Crippen LogP contribution in [0, 0.1) is 6.92 Å². The third-order valence-electron chi connectivity index (χ3n) is 5.03. The van der Waals surface area contributed by atoms with Crippen LogP contribution in [0.5, 0.6) is 0 Å². The van der Waals surface area contributed by atoms with E-state index in [9.17, 15) is 4.79 Å². The first-order valence-electron chi connectivity index (χ1n) is 9.41. The van der Waals surface area contributed by atoms with E-state index in [4.69, 9.17) is 17.3 Å². The number of anilines is 1. The number of nitrogens with two attached hydrogens (primary N) is 1. The molecular weight excluding hydrogens is 362 g/mol. The fourth-order valence-corrected chi connectivity index (χ4v) is 3.67. The standard InChI is InChI=1S/C20H26ClN5O/c1-14-17(12-24-20(22)25-14)19(27)23-13-18(15-6-8-16(21)9-7-15)26-10-4-2-3-5-11-26/h6-9,12,18H,2-5,10-11,13H2,1H3,(H,23,27)(H2,22,24,25). The number of halogens is 1. The second kappa shape index (κ2) is 9.15. The Balaban J connectivity index is 1.76. The molecule has 3 N–H and O–H groups in total. The van der Waals surface area contributed by atoms with Gasteiger partial charge in [0.2, 0.25) is 5.95 Å². The van der Waals surface area contributed by atoms with Crippen molar-refractivity contribution in [3.8, 4) is 0 Å². The molecule has 1 aliphatic heterocycles. The molecule has 3 rings (SSSR count). The molecule has 1 atom stereocenters. The van der Waals surface area contributed by atoms with Crippen molar-refractivity contribution >= 4 is 23.5 Å². The maximum absolute atomic E-state index is 12.6. The number of hydrogen-bond donors (Lipinski definition) is 2. The molecule has 1 saturated heterocycles. The molecule has 2 aromatic rings. The molecule has 144 valence electrons. The van der Waals surface area contributed by atoms with Gasteiger partial charge in [-0.05, 0) is 50.6 Å². The van der Waals surface area contributed by atoms with Gasteiger partial charge in [0.25, 0.3) is 5.91 Å². The van der Waals surface area contributed by atoms with Crippen molar-refractivity contribution in [2.24, 2.45) is 0 Å². The van der Waals surface area contributed by atoms with Gasteiger partial charge in [-0.25, -0.2) is 9.97 Å². The van der Waals surface area contributed by atoms with Crippen LogP contribution in [0.15, 0.2) is 30.5 Å². The van der Waals surface area contributed by atoms with Gasteiger partial charge in [-0.1, -0.05) is 36.6 Å². The van der Waals surface area contributed by atoms with Crippen LogP contribution in [0.2, 0.25) is 5.02 Å². The Kier molecular flexibility index (Phi) is 6.63. The van der Waals surface area contributed by atoms with Crippen LogP contribution in [0.3, 0.4) is 0 Å². The highest BCUT2D eigenvalue weighted by atomic mass is 35.5. The number of nitrogens with one attached hydrogen (secondary N) is 1. The largest absolute Gasteiger partial charge is 0.368 e. The van der Waals surface area contributed by atoms with Crippen molar-refractivity contribution in [2.75, 3.05) is 25.4 Å². The predicted molar refractivity (Wildman–Crippen MR) is 108 cm³/mol. The maximum atomic E-state index is 12.6. The fourth-order valence-electron chi connectivity index (χ4n) is 3.54. The zero-order valence-corrected chi connectivity index (χ0v) is 16.4. The SMILES string of the molecule is Cc1nc(N)ncc1C(=O)NCC(c1ccc(Cl)cc1)N1CCCCCC1. The Morgan fingerprint density at radius 2 is 1.89 bits per heavy atom. The summed E-state index contributed by atoms with van der Waals surface area (Å²) in [5.41, 5.74) is 7.77. The molecule has 0 aliphatic carbocycles. The number of aryl methyl sites for hydroxylation is 1. The summed E-state index contributed by atoms with van der Waals surface area (Å²) in [6.45, 7) is 4.35. The molecule has 27 heavy (non-hydrogen) atoms. The Bertz CT molecular complexity index is 772. The van der Waals surface area contributed by atoms with Crippen molar-refractivity contribution < 1.29 is 4.79 Å². The number of likely N-dealkylation sites (tertiary alicyclic amines) is 1. The van der Waals surface area contributed by atoms with Crippen LogP contribution in [-0.4, -0.2) is 40.4 Å². The number of carbonyl (C=O) groups is 1. The Hall–Kier alpha value is -2.18. The Labute approximate surface area is 165 Å². The summed E-state index contributed by atoms with van der Waals surface area (Å²) in [5.74, 6) is -0.00561. The summed E-state index contributed by atoms with van der Waals surface area (Å²) in [6.07, 6.45) is 6.37. The van der Waals surface area contributed by atoms with Gasteiger partial charge >= 0.3 is 0 Å². The topological polar surface area (TPSA) is 84.1 Å². The highest BCUT2D eigenvalue weighted by molar-refractivity contribution is 6.30. The van der Waals surface area contributed by atoms with Crippen molar-refractivity contribution in [3.63, 3.8) is 0 Å². The summed E-state index contributed by atoms with van der Waals surface area (Å²) < 4.78 is 0. The highest BCUT2D eigenvalue weighted by Crippen LogP contribution is 2.25. The zero-order valence-electron chi connectivity index (χ0n) is 15.6. The van der Waals surface area contributed by atoms with E-state index in [-0.39, 0.29) is 17.9 Å². The minimum atomic E-state index is -0.179. The lowest BCUT2D eigenvalue weighted by molar-refractivity contribution is 0.0932. The molecule has 1 aromatic carbocycles. The molecule has 6 nitrogen and oxygen atoms in total. The van der Waals surface area contributed by atoms with E-state index in [1.165, 1.54) is 31.9 Å². The second-order valence-electron chi connectivity index (χ2n) is 6.95. The summed E-state index contributed by atoms with van der Waals surface area (Å²) in [4.78, 5) is 23.1. The van der Waals surface area contributed by atoms with Gasteiger partial charge in [-0.15, -0.1) is 0 Å². The Morgan fingerprint density at radius 3 is 2.52 bits per heavy atom. The first kappa shape index (κ1) is 19.6. The molecular formula is C20H26ClN5O. The van der Waals surface area contributed by atoms with E-state index >= 15 is 0 Å². The minimum absolute atomic E-state index is 0.110.